The van der Waals surface area contributed by atoms with Crippen LogP contribution in [0.5, 0.6) is 0 Å². The van der Waals surface area contributed by atoms with Gasteiger partial charge < -0.3 is 5.32 Å². The van der Waals surface area contributed by atoms with Gasteiger partial charge in [0.15, 0.2) is 0 Å². The van der Waals surface area contributed by atoms with Gasteiger partial charge >= 0.3 is 0 Å². The SMILES string of the molecule is Cc1cccc(C(=O)NC2CCCC2CCl)c1C. The van der Waals surface area contributed by atoms with Gasteiger partial charge in [-0.15, -0.1) is 11.6 Å². The summed E-state index contributed by atoms with van der Waals surface area (Å²) in [6.45, 7) is 4.03. The van der Waals surface area contributed by atoms with Crippen molar-refractivity contribution in [2.24, 2.45) is 5.92 Å². The van der Waals surface area contributed by atoms with Crippen LogP contribution in [0.25, 0.3) is 0 Å². The van der Waals surface area contributed by atoms with E-state index >= 15 is 0 Å². The van der Waals surface area contributed by atoms with E-state index in [9.17, 15) is 4.79 Å². The molecule has 18 heavy (non-hydrogen) atoms. The van der Waals surface area contributed by atoms with Crippen molar-refractivity contribution in [3.05, 3.63) is 34.9 Å². The second-order valence-corrected chi connectivity index (χ2v) is 5.48. The molecule has 2 nitrogen and oxygen atoms in total. The molecule has 0 aliphatic heterocycles. The van der Waals surface area contributed by atoms with Crippen LogP contribution >= 0.6 is 11.6 Å². The van der Waals surface area contributed by atoms with Crippen LogP contribution in [0.15, 0.2) is 18.2 Å². The standard InChI is InChI=1S/C15H20ClNO/c1-10-5-3-7-13(11(10)2)15(18)17-14-8-4-6-12(14)9-16/h3,5,7,12,14H,4,6,8-9H2,1-2H3,(H,17,18). The molecular formula is C15H20ClNO. The van der Waals surface area contributed by atoms with Crippen molar-refractivity contribution in [3.63, 3.8) is 0 Å². The second kappa shape index (κ2) is 5.75. The van der Waals surface area contributed by atoms with Crippen LogP contribution in [0.1, 0.15) is 40.7 Å². The van der Waals surface area contributed by atoms with Crippen molar-refractivity contribution in [1.29, 1.82) is 0 Å². The van der Waals surface area contributed by atoms with E-state index in [1.807, 2.05) is 32.0 Å². The average Bonchev–Trinajstić information content (AvgIpc) is 2.79. The largest absolute Gasteiger partial charge is 0.349 e. The number of aryl methyl sites for hydroxylation is 1. The smallest absolute Gasteiger partial charge is 0.251 e. The summed E-state index contributed by atoms with van der Waals surface area (Å²) in [5.74, 6) is 1.11. The number of amides is 1. The Hall–Kier alpha value is -1.02. The Morgan fingerprint density at radius 1 is 1.39 bits per heavy atom. The molecule has 1 saturated carbocycles. The number of benzene rings is 1. The molecule has 98 valence electrons. The van der Waals surface area contributed by atoms with Crippen LogP contribution in [0.3, 0.4) is 0 Å². The maximum atomic E-state index is 12.3. The molecule has 0 bridgehead atoms. The molecule has 0 saturated heterocycles. The molecule has 1 N–H and O–H groups in total. The minimum atomic E-state index is 0.0400. The summed E-state index contributed by atoms with van der Waals surface area (Å²) in [4.78, 5) is 12.3. The van der Waals surface area contributed by atoms with Gasteiger partial charge in [-0.25, -0.2) is 0 Å². The van der Waals surface area contributed by atoms with Gasteiger partial charge in [-0.1, -0.05) is 18.6 Å². The Balaban J connectivity index is 2.10. The number of nitrogens with one attached hydrogen (secondary N) is 1. The second-order valence-electron chi connectivity index (χ2n) is 5.17. The minimum absolute atomic E-state index is 0.0400. The van der Waals surface area contributed by atoms with Crippen molar-refractivity contribution in [2.75, 3.05) is 5.88 Å². The fraction of sp³-hybridized carbons (Fsp3) is 0.533. The summed E-state index contributed by atoms with van der Waals surface area (Å²) in [6.07, 6.45) is 3.34. The van der Waals surface area contributed by atoms with Gasteiger partial charge in [0.2, 0.25) is 0 Å². The first-order valence-corrected chi connectivity index (χ1v) is 7.10. The highest BCUT2D eigenvalue weighted by molar-refractivity contribution is 6.18. The van der Waals surface area contributed by atoms with Gasteiger partial charge in [-0.2, -0.15) is 0 Å². The van der Waals surface area contributed by atoms with Crippen LogP contribution in [-0.2, 0) is 0 Å². The van der Waals surface area contributed by atoms with Crippen molar-refractivity contribution in [1.82, 2.24) is 5.32 Å². The summed E-state index contributed by atoms with van der Waals surface area (Å²) in [5, 5.41) is 3.14. The quantitative estimate of drug-likeness (QED) is 0.834. The van der Waals surface area contributed by atoms with Gasteiger partial charge in [-0.3, -0.25) is 4.79 Å². The third-order valence-electron chi connectivity index (χ3n) is 4.02. The van der Waals surface area contributed by atoms with Gasteiger partial charge in [0.05, 0.1) is 0 Å². The minimum Gasteiger partial charge on any atom is -0.349 e. The first-order valence-electron chi connectivity index (χ1n) is 6.56. The Kier molecular flexibility index (Phi) is 4.28. The molecule has 1 aliphatic rings. The fourth-order valence-corrected chi connectivity index (χ4v) is 3.02. The normalized spacial score (nSPS) is 23.1. The van der Waals surface area contributed by atoms with Crippen LogP contribution in [0, 0.1) is 19.8 Å². The van der Waals surface area contributed by atoms with E-state index in [4.69, 9.17) is 11.6 Å². The molecular weight excluding hydrogens is 246 g/mol. The molecule has 0 radical (unpaired) electrons. The van der Waals surface area contributed by atoms with E-state index in [1.54, 1.807) is 0 Å². The molecule has 1 aromatic carbocycles. The van der Waals surface area contributed by atoms with E-state index in [2.05, 4.69) is 5.32 Å². The van der Waals surface area contributed by atoms with Gasteiger partial charge in [0, 0.05) is 17.5 Å². The molecule has 1 aliphatic carbocycles. The molecule has 0 spiro atoms. The van der Waals surface area contributed by atoms with Crippen LogP contribution < -0.4 is 5.32 Å². The van der Waals surface area contributed by atoms with Crippen molar-refractivity contribution >= 4 is 17.5 Å². The van der Waals surface area contributed by atoms with Gasteiger partial charge in [0.25, 0.3) is 5.91 Å². The Labute approximate surface area is 114 Å². The van der Waals surface area contributed by atoms with E-state index in [-0.39, 0.29) is 11.9 Å². The van der Waals surface area contributed by atoms with Gasteiger partial charge in [-0.05, 0) is 49.8 Å². The molecule has 1 amide bonds. The van der Waals surface area contributed by atoms with Crippen LogP contribution in [0.2, 0.25) is 0 Å². The topological polar surface area (TPSA) is 29.1 Å². The lowest BCUT2D eigenvalue weighted by atomic mass is 10.0. The highest BCUT2D eigenvalue weighted by Crippen LogP contribution is 2.27. The highest BCUT2D eigenvalue weighted by atomic mass is 35.5. The summed E-state index contributed by atoms with van der Waals surface area (Å²) in [5.41, 5.74) is 3.01. The third kappa shape index (κ3) is 2.69. The zero-order valence-corrected chi connectivity index (χ0v) is 11.8. The predicted octanol–water partition coefficient (Wildman–Crippen LogP) is 3.44. The van der Waals surface area contributed by atoms with Gasteiger partial charge in [0.1, 0.15) is 0 Å². The number of rotatable bonds is 3. The number of hydrogen-bond acceptors (Lipinski definition) is 1. The predicted molar refractivity (Wildman–Crippen MR) is 75.2 cm³/mol. The zero-order valence-electron chi connectivity index (χ0n) is 11.0. The summed E-state index contributed by atoms with van der Waals surface area (Å²) in [6, 6.07) is 6.10. The van der Waals surface area contributed by atoms with E-state index in [0.717, 1.165) is 36.0 Å². The van der Waals surface area contributed by atoms with E-state index in [1.165, 1.54) is 0 Å². The molecule has 2 rings (SSSR count). The monoisotopic (exact) mass is 265 g/mol. The van der Waals surface area contributed by atoms with Crippen molar-refractivity contribution in [2.45, 2.75) is 39.2 Å². The Morgan fingerprint density at radius 3 is 2.89 bits per heavy atom. The summed E-state index contributed by atoms with van der Waals surface area (Å²) in [7, 11) is 0. The molecule has 2 unspecified atom stereocenters. The fourth-order valence-electron chi connectivity index (χ4n) is 2.65. The zero-order chi connectivity index (χ0) is 13.1. The number of carbonyl (C=O) groups excluding carboxylic acids is 1. The highest BCUT2D eigenvalue weighted by Gasteiger charge is 2.28. The molecule has 0 aromatic heterocycles. The number of halogens is 1. The number of alkyl halides is 1. The van der Waals surface area contributed by atoms with Crippen LogP contribution in [0.4, 0.5) is 0 Å². The number of carbonyl (C=O) groups is 1. The maximum Gasteiger partial charge on any atom is 0.251 e. The van der Waals surface area contributed by atoms with E-state index in [0.29, 0.717) is 11.8 Å². The van der Waals surface area contributed by atoms with Crippen molar-refractivity contribution in [3.8, 4) is 0 Å². The third-order valence-corrected chi connectivity index (χ3v) is 4.42. The van der Waals surface area contributed by atoms with Crippen molar-refractivity contribution < 1.29 is 4.79 Å². The lowest BCUT2D eigenvalue weighted by Crippen LogP contribution is -2.38. The first kappa shape index (κ1) is 13.4. The Bertz CT molecular complexity index is 444. The number of hydrogen-bond donors (Lipinski definition) is 1. The Morgan fingerprint density at radius 2 is 2.17 bits per heavy atom. The van der Waals surface area contributed by atoms with Crippen LogP contribution in [-0.4, -0.2) is 17.8 Å². The lowest BCUT2D eigenvalue weighted by Gasteiger charge is -2.19. The summed E-state index contributed by atoms with van der Waals surface area (Å²) < 4.78 is 0. The average molecular weight is 266 g/mol. The molecule has 1 fully saturated rings. The lowest BCUT2D eigenvalue weighted by molar-refractivity contribution is 0.0929. The molecule has 3 heteroatoms. The first-order chi connectivity index (χ1) is 8.63. The maximum absolute atomic E-state index is 12.3. The molecule has 2 atom stereocenters. The molecule has 0 heterocycles. The summed E-state index contributed by atoms with van der Waals surface area (Å²) >= 11 is 5.94. The molecule has 1 aromatic rings. The van der Waals surface area contributed by atoms with E-state index < -0.39 is 0 Å².